The summed E-state index contributed by atoms with van der Waals surface area (Å²) in [5, 5.41) is 10.9. The standard InChI is InChI=1S/C41H65N5O14/c1-31(2)39(41(52)43-33(4)40(51)44-34-7-5-32(3)6-8-34)45-36(48)12-15-53-17-19-55-21-23-57-25-27-59-29-30-60-28-26-58-24-22-56-20-18-54-16-13-42-35(47)11-14-46-37(49)9-10-38(46)50/h5-10,31,33,39H,11-30H2,1-4H3,(H,42,47)(H,43,52)(H,44,51)(H,45,48)/t33-,39-/m0/s1. The monoisotopic (exact) mass is 851 g/mol. The number of imide groups is 1. The molecule has 60 heavy (non-hydrogen) atoms. The molecule has 0 bridgehead atoms. The largest absolute Gasteiger partial charge is 0.379 e. The molecule has 4 N–H and O–H groups in total. The molecule has 1 aliphatic rings. The lowest BCUT2D eigenvalue weighted by atomic mass is 10.0. The van der Waals surface area contributed by atoms with Crippen LogP contribution in [-0.2, 0) is 66.7 Å². The normalized spacial score (nSPS) is 13.4. The third kappa shape index (κ3) is 24.7. The number of hydrogen-bond acceptors (Lipinski definition) is 14. The molecule has 1 heterocycles. The van der Waals surface area contributed by atoms with E-state index in [0.717, 1.165) is 10.5 Å². The minimum Gasteiger partial charge on any atom is -0.379 e. The highest BCUT2D eigenvalue weighted by Crippen LogP contribution is 2.10. The van der Waals surface area contributed by atoms with E-state index in [9.17, 15) is 28.8 Å². The van der Waals surface area contributed by atoms with Gasteiger partial charge in [0.1, 0.15) is 12.1 Å². The minimum absolute atomic E-state index is 0.0396. The fraction of sp³-hybridized carbons (Fsp3) is 0.659. The van der Waals surface area contributed by atoms with Gasteiger partial charge in [-0.1, -0.05) is 31.5 Å². The van der Waals surface area contributed by atoms with Gasteiger partial charge >= 0.3 is 0 Å². The summed E-state index contributed by atoms with van der Waals surface area (Å²) in [7, 11) is 0. The first-order valence-electron chi connectivity index (χ1n) is 20.4. The molecule has 0 saturated carbocycles. The maximum absolute atomic E-state index is 12.9. The van der Waals surface area contributed by atoms with Crippen LogP contribution in [0.25, 0.3) is 0 Å². The maximum atomic E-state index is 12.9. The van der Waals surface area contributed by atoms with E-state index in [1.807, 2.05) is 32.9 Å². The molecule has 2 rings (SSSR count). The van der Waals surface area contributed by atoms with E-state index >= 15 is 0 Å². The highest BCUT2D eigenvalue weighted by Gasteiger charge is 2.27. The van der Waals surface area contributed by atoms with Crippen molar-refractivity contribution in [1.29, 1.82) is 0 Å². The number of anilines is 1. The summed E-state index contributed by atoms with van der Waals surface area (Å²) in [6.07, 6.45) is 2.48. The van der Waals surface area contributed by atoms with Crippen molar-refractivity contribution < 1.29 is 66.7 Å². The van der Waals surface area contributed by atoms with Gasteiger partial charge in [-0.15, -0.1) is 0 Å². The number of benzene rings is 1. The van der Waals surface area contributed by atoms with Crippen LogP contribution in [0.5, 0.6) is 0 Å². The van der Waals surface area contributed by atoms with E-state index in [1.54, 1.807) is 19.1 Å². The van der Waals surface area contributed by atoms with E-state index in [1.165, 1.54) is 12.2 Å². The lowest BCUT2D eigenvalue weighted by Crippen LogP contribution is -2.53. The summed E-state index contributed by atoms with van der Waals surface area (Å²) >= 11 is 0. The number of hydrogen-bond donors (Lipinski definition) is 4. The summed E-state index contributed by atoms with van der Waals surface area (Å²) in [6, 6.07) is 5.74. The maximum Gasteiger partial charge on any atom is 0.253 e. The Hall–Kier alpha value is -4.34. The van der Waals surface area contributed by atoms with Crippen LogP contribution in [0.4, 0.5) is 5.69 Å². The zero-order valence-electron chi connectivity index (χ0n) is 35.5. The summed E-state index contributed by atoms with van der Waals surface area (Å²) in [5.41, 5.74) is 1.70. The zero-order chi connectivity index (χ0) is 43.8. The van der Waals surface area contributed by atoms with E-state index in [-0.39, 0.29) is 49.6 Å². The van der Waals surface area contributed by atoms with Crippen molar-refractivity contribution in [2.24, 2.45) is 5.92 Å². The predicted molar refractivity (Wildman–Crippen MR) is 219 cm³/mol. The van der Waals surface area contributed by atoms with Crippen molar-refractivity contribution in [3.8, 4) is 0 Å². The van der Waals surface area contributed by atoms with Gasteiger partial charge in [-0.25, -0.2) is 0 Å². The topological polar surface area (TPSA) is 228 Å². The molecule has 0 aliphatic carbocycles. The molecule has 1 aromatic rings. The molecular formula is C41H65N5O14. The second kappa shape index (κ2) is 32.4. The molecule has 0 fully saturated rings. The molecule has 2 atom stereocenters. The van der Waals surface area contributed by atoms with Crippen LogP contribution in [0, 0.1) is 12.8 Å². The number of aryl methyl sites for hydroxylation is 1. The third-order valence-electron chi connectivity index (χ3n) is 8.45. The first-order chi connectivity index (χ1) is 29.0. The van der Waals surface area contributed by atoms with Crippen LogP contribution in [0.2, 0.25) is 0 Å². The van der Waals surface area contributed by atoms with Crippen LogP contribution in [0.1, 0.15) is 39.2 Å². The number of carbonyl (C=O) groups excluding carboxylic acids is 6. The van der Waals surface area contributed by atoms with Crippen molar-refractivity contribution in [3.63, 3.8) is 0 Å². The smallest absolute Gasteiger partial charge is 0.253 e. The van der Waals surface area contributed by atoms with Gasteiger partial charge < -0.3 is 59.2 Å². The van der Waals surface area contributed by atoms with Gasteiger partial charge in [-0.3, -0.25) is 33.7 Å². The average Bonchev–Trinajstić information content (AvgIpc) is 3.54. The summed E-state index contributed by atoms with van der Waals surface area (Å²) in [4.78, 5) is 73.7. The molecule has 19 heteroatoms. The van der Waals surface area contributed by atoms with E-state index in [0.29, 0.717) is 111 Å². The van der Waals surface area contributed by atoms with E-state index < -0.39 is 29.8 Å². The Labute approximate surface area is 352 Å². The van der Waals surface area contributed by atoms with E-state index in [4.69, 9.17) is 37.9 Å². The number of nitrogens with one attached hydrogen (secondary N) is 4. The second-order valence-corrected chi connectivity index (χ2v) is 13.8. The summed E-state index contributed by atoms with van der Waals surface area (Å²) in [5.74, 6) is -2.40. The zero-order valence-corrected chi connectivity index (χ0v) is 35.5. The van der Waals surface area contributed by atoms with Crippen molar-refractivity contribution in [3.05, 3.63) is 42.0 Å². The number of carbonyl (C=O) groups is 6. The number of ether oxygens (including phenoxy) is 8. The highest BCUT2D eigenvalue weighted by atomic mass is 16.6. The molecule has 0 radical (unpaired) electrons. The molecule has 19 nitrogen and oxygen atoms in total. The van der Waals surface area contributed by atoms with Gasteiger partial charge in [0.05, 0.1) is 106 Å². The van der Waals surface area contributed by atoms with Crippen LogP contribution in [0.15, 0.2) is 36.4 Å². The molecule has 338 valence electrons. The fourth-order valence-corrected chi connectivity index (χ4v) is 5.06. The number of amides is 6. The van der Waals surface area contributed by atoms with Gasteiger partial charge in [0.15, 0.2) is 0 Å². The Morgan fingerprint density at radius 3 is 1.43 bits per heavy atom. The van der Waals surface area contributed by atoms with Crippen molar-refractivity contribution in [2.75, 3.05) is 124 Å². The SMILES string of the molecule is Cc1ccc(NC(=O)[C@H](C)NC(=O)[C@@H](NC(=O)CCOCCOCCOCCOCCOCCOCCOCCOCCNC(=O)CCN2C(=O)C=CC2=O)C(C)C)cc1. The quantitative estimate of drug-likeness (QED) is 0.0534. The third-order valence-corrected chi connectivity index (χ3v) is 8.45. The minimum atomic E-state index is -0.803. The molecule has 0 saturated heterocycles. The Kier molecular flexibility index (Phi) is 28.0. The lowest BCUT2D eigenvalue weighted by molar-refractivity contribution is -0.137. The van der Waals surface area contributed by atoms with Crippen molar-refractivity contribution >= 4 is 41.1 Å². The van der Waals surface area contributed by atoms with Crippen LogP contribution in [0.3, 0.4) is 0 Å². The molecular weight excluding hydrogens is 786 g/mol. The van der Waals surface area contributed by atoms with Gasteiger partial charge in [0.2, 0.25) is 23.6 Å². The first-order valence-corrected chi connectivity index (χ1v) is 20.4. The number of nitrogens with zero attached hydrogens (tertiary/aromatic N) is 1. The van der Waals surface area contributed by atoms with Crippen molar-refractivity contribution in [2.45, 2.75) is 52.6 Å². The highest BCUT2D eigenvalue weighted by molar-refractivity contribution is 6.13. The van der Waals surface area contributed by atoms with Crippen LogP contribution < -0.4 is 21.3 Å². The molecule has 6 amide bonds. The predicted octanol–water partition coefficient (Wildman–Crippen LogP) is 0.533. The molecule has 0 aromatic heterocycles. The first kappa shape index (κ1) is 51.8. The number of rotatable bonds is 36. The molecule has 1 aromatic carbocycles. The van der Waals surface area contributed by atoms with Crippen molar-refractivity contribution in [1.82, 2.24) is 20.9 Å². The van der Waals surface area contributed by atoms with Gasteiger partial charge in [-0.05, 0) is 31.9 Å². The second-order valence-electron chi connectivity index (χ2n) is 13.8. The van der Waals surface area contributed by atoms with E-state index in [2.05, 4.69) is 21.3 Å². The Bertz CT molecular complexity index is 1430. The van der Waals surface area contributed by atoms with Gasteiger partial charge in [0, 0.05) is 43.8 Å². The van der Waals surface area contributed by atoms with Crippen LogP contribution >= 0.6 is 0 Å². The Balaban J connectivity index is 1.28. The molecule has 0 spiro atoms. The Morgan fingerprint density at radius 1 is 0.550 bits per heavy atom. The van der Waals surface area contributed by atoms with Gasteiger partial charge in [0.25, 0.3) is 11.8 Å². The molecule has 1 aliphatic heterocycles. The fourth-order valence-electron chi connectivity index (χ4n) is 5.06. The van der Waals surface area contributed by atoms with Crippen LogP contribution in [-0.4, -0.2) is 171 Å². The summed E-state index contributed by atoms with van der Waals surface area (Å²) in [6.45, 7) is 13.6. The molecule has 0 unspecified atom stereocenters. The lowest BCUT2D eigenvalue weighted by Gasteiger charge is -2.24. The summed E-state index contributed by atoms with van der Waals surface area (Å²) < 4.78 is 43.7. The Morgan fingerprint density at radius 2 is 0.983 bits per heavy atom. The van der Waals surface area contributed by atoms with Gasteiger partial charge in [-0.2, -0.15) is 0 Å². The average molecular weight is 852 g/mol.